The van der Waals surface area contributed by atoms with Gasteiger partial charge in [0, 0.05) is 17.2 Å². The van der Waals surface area contributed by atoms with Gasteiger partial charge in [0.25, 0.3) is 0 Å². The molecule has 0 aromatic heterocycles. The molecule has 0 fully saturated rings. The summed E-state index contributed by atoms with van der Waals surface area (Å²) in [5, 5.41) is 0. The van der Waals surface area contributed by atoms with Crippen LogP contribution in [0.15, 0.2) is 72.8 Å². The van der Waals surface area contributed by atoms with Crippen LogP contribution in [0.1, 0.15) is 15.9 Å². The molecule has 0 amide bonds. The first-order valence-corrected chi connectivity index (χ1v) is 9.99. The molecule has 29 heavy (non-hydrogen) atoms. The molecular formula is C21H18O7P-. The fourth-order valence-corrected chi connectivity index (χ4v) is 3.33. The molecule has 0 aliphatic heterocycles. The van der Waals surface area contributed by atoms with E-state index >= 15 is 0 Å². The highest BCUT2D eigenvalue weighted by Gasteiger charge is 2.15. The normalized spacial score (nSPS) is 12.5. The van der Waals surface area contributed by atoms with Crippen molar-refractivity contribution in [3.63, 3.8) is 0 Å². The number of ether oxygens (including phenoxy) is 2. The fraction of sp³-hybridized carbons (Fsp3) is 0.0952. The third-order valence-electron chi connectivity index (χ3n) is 3.91. The van der Waals surface area contributed by atoms with E-state index in [0.29, 0.717) is 22.6 Å². The second-order valence-electron chi connectivity index (χ2n) is 5.90. The van der Waals surface area contributed by atoms with Crippen LogP contribution in [-0.4, -0.2) is 20.0 Å². The fourth-order valence-electron chi connectivity index (χ4n) is 2.53. The molecule has 0 saturated carbocycles. The average molecular weight is 413 g/mol. The first-order valence-electron chi connectivity index (χ1n) is 8.53. The molecule has 0 saturated heterocycles. The Morgan fingerprint density at radius 2 is 1.24 bits per heavy atom. The first kappa shape index (κ1) is 20.5. The van der Waals surface area contributed by atoms with Crippen molar-refractivity contribution >= 4 is 13.6 Å². The number of rotatable bonds is 8. The maximum Gasteiger partial charge on any atom is 0.372 e. The van der Waals surface area contributed by atoms with Gasteiger partial charge in [-0.15, -0.1) is 0 Å². The summed E-state index contributed by atoms with van der Waals surface area (Å²) in [6.45, 7) is 0. The summed E-state index contributed by atoms with van der Waals surface area (Å²) in [5.41, 5.74) is 0.717. The van der Waals surface area contributed by atoms with Crippen molar-refractivity contribution in [3.8, 4) is 23.0 Å². The SMILES string of the molecule is COc1cc(OC)cc(C(=O)c2ccc(OP(=O)([O-])Oc3ccccc3)cc2)c1. The monoisotopic (exact) mass is 413 g/mol. The van der Waals surface area contributed by atoms with Crippen LogP contribution in [-0.2, 0) is 4.57 Å². The van der Waals surface area contributed by atoms with Gasteiger partial charge in [-0.05, 0) is 48.5 Å². The molecule has 8 heteroatoms. The van der Waals surface area contributed by atoms with Crippen molar-refractivity contribution in [2.75, 3.05) is 14.2 Å². The van der Waals surface area contributed by atoms with E-state index in [0.717, 1.165) is 0 Å². The van der Waals surface area contributed by atoms with Crippen LogP contribution < -0.4 is 23.4 Å². The molecule has 3 aromatic carbocycles. The van der Waals surface area contributed by atoms with Gasteiger partial charge in [0.2, 0.25) is 0 Å². The average Bonchev–Trinajstić information content (AvgIpc) is 2.73. The van der Waals surface area contributed by atoms with Gasteiger partial charge in [0.15, 0.2) is 5.78 Å². The Morgan fingerprint density at radius 3 is 1.76 bits per heavy atom. The van der Waals surface area contributed by atoms with Crippen molar-refractivity contribution in [2.45, 2.75) is 0 Å². The van der Waals surface area contributed by atoms with E-state index in [4.69, 9.17) is 18.5 Å². The Kier molecular flexibility index (Phi) is 6.22. The minimum atomic E-state index is -4.62. The third-order valence-corrected chi connectivity index (χ3v) is 4.78. The molecule has 1 atom stereocenters. The highest BCUT2D eigenvalue weighted by molar-refractivity contribution is 7.46. The van der Waals surface area contributed by atoms with Gasteiger partial charge in [-0.2, -0.15) is 0 Å². The molecule has 3 aromatic rings. The predicted molar refractivity (Wildman–Crippen MR) is 105 cm³/mol. The zero-order valence-electron chi connectivity index (χ0n) is 15.7. The van der Waals surface area contributed by atoms with Gasteiger partial charge < -0.3 is 23.4 Å². The molecule has 0 bridgehead atoms. The highest BCUT2D eigenvalue weighted by Crippen LogP contribution is 2.40. The Hall–Kier alpha value is -3.28. The molecule has 1 unspecified atom stereocenters. The van der Waals surface area contributed by atoms with Crippen molar-refractivity contribution in [1.82, 2.24) is 0 Å². The van der Waals surface area contributed by atoms with E-state index in [9.17, 15) is 14.3 Å². The lowest BCUT2D eigenvalue weighted by molar-refractivity contribution is -0.208. The molecule has 0 heterocycles. The number of hydrogen-bond donors (Lipinski definition) is 0. The van der Waals surface area contributed by atoms with Gasteiger partial charge in [-0.1, -0.05) is 18.2 Å². The van der Waals surface area contributed by atoms with Crippen LogP contribution in [0.5, 0.6) is 23.0 Å². The number of phosphoric ester groups is 1. The topological polar surface area (TPSA) is 94.1 Å². The molecule has 0 radical (unpaired) electrons. The lowest BCUT2D eigenvalue weighted by atomic mass is 10.0. The number of phosphoric acid groups is 1. The van der Waals surface area contributed by atoms with Gasteiger partial charge >= 0.3 is 7.82 Å². The van der Waals surface area contributed by atoms with Gasteiger partial charge in [-0.3, -0.25) is 4.79 Å². The Balaban J connectivity index is 1.74. The first-order chi connectivity index (χ1) is 13.9. The molecule has 7 nitrogen and oxygen atoms in total. The van der Waals surface area contributed by atoms with E-state index in [1.54, 1.807) is 36.4 Å². The van der Waals surface area contributed by atoms with Crippen molar-refractivity contribution < 1.29 is 32.8 Å². The number of hydrogen-bond acceptors (Lipinski definition) is 7. The number of para-hydroxylation sites is 1. The van der Waals surface area contributed by atoms with Crippen LogP contribution >= 0.6 is 7.82 Å². The van der Waals surface area contributed by atoms with Crippen molar-refractivity contribution in [1.29, 1.82) is 0 Å². The van der Waals surface area contributed by atoms with E-state index in [2.05, 4.69) is 0 Å². The van der Waals surface area contributed by atoms with Crippen LogP contribution in [0, 0.1) is 0 Å². The zero-order valence-corrected chi connectivity index (χ0v) is 16.6. The summed E-state index contributed by atoms with van der Waals surface area (Å²) < 4.78 is 32.2. The van der Waals surface area contributed by atoms with Crippen LogP contribution in [0.25, 0.3) is 0 Å². The largest absolute Gasteiger partial charge is 0.736 e. The van der Waals surface area contributed by atoms with Gasteiger partial charge in [-0.25, -0.2) is 4.57 Å². The number of benzene rings is 3. The summed E-state index contributed by atoms with van der Waals surface area (Å²) >= 11 is 0. The van der Waals surface area contributed by atoms with E-state index in [1.165, 1.54) is 50.6 Å². The molecule has 0 aliphatic carbocycles. The van der Waals surface area contributed by atoms with Crippen molar-refractivity contribution in [2.24, 2.45) is 0 Å². The Labute approximate surface area is 168 Å². The summed E-state index contributed by atoms with van der Waals surface area (Å²) in [7, 11) is -1.63. The van der Waals surface area contributed by atoms with Crippen LogP contribution in [0.2, 0.25) is 0 Å². The molecule has 0 N–H and O–H groups in total. The maximum absolute atomic E-state index is 12.7. The van der Waals surface area contributed by atoms with E-state index in [1.807, 2.05) is 0 Å². The van der Waals surface area contributed by atoms with Crippen molar-refractivity contribution in [3.05, 3.63) is 83.9 Å². The van der Waals surface area contributed by atoms with Gasteiger partial charge in [0.05, 0.1) is 14.2 Å². The Bertz CT molecular complexity index is 1010. The summed E-state index contributed by atoms with van der Waals surface area (Å²) in [4.78, 5) is 24.8. The lowest BCUT2D eigenvalue weighted by Crippen LogP contribution is -2.13. The zero-order chi connectivity index (χ0) is 20.9. The molecule has 0 aliphatic rings. The number of methoxy groups -OCH3 is 2. The number of carbonyl (C=O) groups is 1. The van der Waals surface area contributed by atoms with Crippen LogP contribution in [0.4, 0.5) is 0 Å². The second kappa shape index (κ2) is 8.82. The molecule has 0 spiro atoms. The molecule has 150 valence electrons. The number of ketones is 1. The number of carbonyl (C=O) groups excluding carboxylic acids is 1. The quantitative estimate of drug-likeness (QED) is 0.409. The second-order valence-corrected chi connectivity index (χ2v) is 7.16. The van der Waals surface area contributed by atoms with E-state index < -0.39 is 7.82 Å². The minimum Gasteiger partial charge on any atom is -0.736 e. The smallest absolute Gasteiger partial charge is 0.372 e. The lowest BCUT2D eigenvalue weighted by Gasteiger charge is -2.23. The summed E-state index contributed by atoms with van der Waals surface area (Å²) in [6.07, 6.45) is 0. The Morgan fingerprint density at radius 1 is 0.724 bits per heavy atom. The summed E-state index contributed by atoms with van der Waals surface area (Å²) in [6, 6.07) is 18.5. The maximum atomic E-state index is 12.7. The highest BCUT2D eigenvalue weighted by atomic mass is 31.2. The predicted octanol–water partition coefficient (Wildman–Crippen LogP) is 3.86. The van der Waals surface area contributed by atoms with Crippen LogP contribution in [0.3, 0.4) is 0 Å². The molecular weight excluding hydrogens is 395 g/mol. The van der Waals surface area contributed by atoms with E-state index in [-0.39, 0.29) is 17.3 Å². The third kappa shape index (κ3) is 5.38. The standard InChI is InChI=1S/C21H19O7P/c1-25-19-12-16(13-20(14-19)26-2)21(22)15-8-10-18(11-9-15)28-29(23,24)27-17-6-4-3-5-7-17/h3-14H,1-2H3,(H,23,24)/p-1. The minimum absolute atomic E-state index is 0.0269. The summed E-state index contributed by atoms with van der Waals surface area (Å²) in [5.74, 6) is 0.860. The van der Waals surface area contributed by atoms with Gasteiger partial charge in [0.1, 0.15) is 23.0 Å². The molecule has 3 rings (SSSR count).